The summed E-state index contributed by atoms with van der Waals surface area (Å²) in [5.41, 5.74) is 4.86. The average Bonchev–Trinajstić information content (AvgIpc) is 3.25. The molecule has 2 aromatic rings. The van der Waals surface area contributed by atoms with Crippen LogP contribution in [0.2, 0.25) is 0 Å². The van der Waals surface area contributed by atoms with Gasteiger partial charge in [0.1, 0.15) is 23.5 Å². The molecule has 348 valence electrons. The zero-order valence-electron chi connectivity index (χ0n) is 36.0. The Morgan fingerprint density at radius 2 is 1.40 bits per heavy atom. The Morgan fingerprint density at radius 1 is 0.825 bits per heavy atom. The van der Waals surface area contributed by atoms with Gasteiger partial charge in [-0.1, -0.05) is 58.0 Å². The number of aryl methyl sites for hydroxylation is 1. The lowest BCUT2D eigenvalue weighted by Crippen LogP contribution is -2.56. The number of benzodiazepines with no additional fused rings is 1. The van der Waals surface area contributed by atoms with Gasteiger partial charge in [-0.15, -0.1) is 0 Å². The number of fused-ring (bicyclic) bond motifs is 1. The zero-order chi connectivity index (χ0) is 47.8. The number of benzene rings is 2. The van der Waals surface area contributed by atoms with Crippen LogP contribution in [0.3, 0.4) is 0 Å². The first-order chi connectivity index (χ1) is 29.0. The Kier molecular flexibility index (Phi) is 17.3. The fourth-order valence-electron chi connectivity index (χ4n) is 6.67. The van der Waals surface area contributed by atoms with Crippen LogP contribution in [0.5, 0.6) is 0 Å². The Labute approximate surface area is 359 Å². The van der Waals surface area contributed by atoms with Gasteiger partial charge in [-0.2, -0.15) is 26.3 Å². The number of alkyl halides is 6. The second-order valence-corrected chi connectivity index (χ2v) is 16.8. The molecular weight excluding hydrogens is 849 g/mol. The van der Waals surface area contributed by atoms with E-state index in [-0.39, 0.29) is 22.5 Å². The number of nitrogens with one attached hydrogen (secondary N) is 3. The minimum Gasteiger partial charge on any atom is -0.444 e. The molecule has 0 saturated carbocycles. The van der Waals surface area contributed by atoms with E-state index >= 15 is 0 Å². The summed E-state index contributed by atoms with van der Waals surface area (Å²) in [6.45, 7) is 11.9. The van der Waals surface area contributed by atoms with Crippen molar-refractivity contribution in [1.82, 2.24) is 16.0 Å². The number of primary amides is 1. The van der Waals surface area contributed by atoms with E-state index in [0.29, 0.717) is 5.56 Å². The number of aliphatic imine (C=N–C) groups is 1. The van der Waals surface area contributed by atoms with Crippen LogP contribution in [-0.2, 0) is 33.4 Å². The van der Waals surface area contributed by atoms with Crippen molar-refractivity contribution in [2.45, 2.75) is 117 Å². The fourth-order valence-corrected chi connectivity index (χ4v) is 6.67. The van der Waals surface area contributed by atoms with E-state index in [4.69, 9.17) is 15.2 Å². The molecule has 0 fully saturated rings. The van der Waals surface area contributed by atoms with Gasteiger partial charge in [0.2, 0.25) is 23.9 Å². The van der Waals surface area contributed by atoms with Crippen molar-refractivity contribution in [2.75, 3.05) is 11.6 Å². The van der Waals surface area contributed by atoms with Crippen molar-refractivity contribution in [3.63, 3.8) is 0 Å². The molecule has 0 aliphatic carbocycles. The first-order valence-electron chi connectivity index (χ1n) is 19.9. The number of halogens is 7. The quantitative estimate of drug-likeness (QED) is 0.104. The molecule has 5 N–H and O–H groups in total. The molecule has 14 nitrogen and oxygen atoms in total. The summed E-state index contributed by atoms with van der Waals surface area (Å²) in [6.07, 6.45) is -18.6. The van der Waals surface area contributed by atoms with Gasteiger partial charge < -0.3 is 31.2 Å². The number of rotatable bonds is 17. The molecule has 5 atom stereocenters. The summed E-state index contributed by atoms with van der Waals surface area (Å²) in [6, 6.07) is 6.84. The number of carbonyl (C=O) groups is 6. The van der Waals surface area contributed by atoms with Crippen molar-refractivity contribution < 1.29 is 69.0 Å². The number of para-hydroxylation sites is 1. The lowest BCUT2D eigenvalue weighted by Gasteiger charge is -2.30. The lowest BCUT2D eigenvalue weighted by atomic mass is 9.83. The summed E-state index contributed by atoms with van der Waals surface area (Å²) in [4.78, 5) is 86.1. The van der Waals surface area contributed by atoms with Gasteiger partial charge in [0.15, 0.2) is 6.73 Å². The Balaban J connectivity index is 2.09. The number of hydrogen-bond acceptors (Lipinski definition) is 9. The third-order valence-corrected chi connectivity index (χ3v) is 9.74. The fraction of sp³-hybridized carbons (Fsp3) is 0.548. The molecule has 3 unspecified atom stereocenters. The van der Waals surface area contributed by atoms with Crippen LogP contribution < -0.4 is 26.6 Å². The van der Waals surface area contributed by atoms with Crippen molar-refractivity contribution >= 4 is 47.1 Å². The second kappa shape index (κ2) is 21.1. The number of nitrogens with two attached hydrogens (primary N) is 1. The lowest BCUT2D eigenvalue weighted by molar-refractivity contribution is -0.152. The molecule has 21 heteroatoms. The van der Waals surface area contributed by atoms with Crippen LogP contribution in [-0.4, -0.2) is 84.3 Å². The molecule has 5 amide bonds. The number of carbonyl (C=O) groups excluding carboxylic acids is 6. The Bertz CT molecular complexity index is 2030. The Morgan fingerprint density at radius 3 is 1.92 bits per heavy atom. The summed E-state index contributed by atoms with van der Waals surface area (Å²) in [5, 5.41) is 7.21. The van der Waals surface area contributed by atoms with Crippen LogP contribution in [0.1, 0.15) is 90.8 Å². The van der Waals surface area contributed by atoms with E-state index in [0.717, 1.165) is 17.0 Å². The molecule has 1 heterocycles. The summed E-state index contributed by atoms with van der Waals surface area (Å²) in [7, 11) is 0. The molecular formula is C42H53F7N6O8. The van der Waals surface area contributed by atoms with Gasteiger partial charge in [0.05, 0.1) is 11.4 Å². The van der Waals surface area contributed by atoms with Crippen molar-refractivity contribution in [3.8, 4) is 0 Å². The molecule has 0 bridgehead atoms. The molecule has 0 saturated heterocycles. The van der Waals surface area contributed by atoms with Crippen LogP contribution in [0.25, 0.3) is 0 Å². The number of hydrogen-bond donors (Lipinski definition) is 4. The van der Waals surface area contributed by atoms with Crippen molar-refractivity contribution in [2.24, 2.45) is 34.4 Å². The van der Waals surface area contributed by atoms with Crippen LogP contribution >= 0.6 is 0 Å². The van der Waals surface area contributed by atoms with E-state index < -0.39 is 134 Å². The highest BCUT2D eigenvalue weighted by Gasteiger charge is 2.42. The van der Waals surface area contributed by atoms with Gasteiger partial charge in [0.25, 0.3) is 5.91 Å². The molecule has 0 radical (unpaired) electrons. The normalized spacial score (nSPS) is 16.5. The van der Waals surface area contributed by atoms with E-state index in [1.807, 2.05) is 0 Å². The topological polar surface area (TPSA) is 199 Å². The molecule has 63 heavy (non-hydrogen) atoms. The van der Waals surface area contributed by atoms with Gasteiger partial charge in [-0.25, -0.2) is 19.0 Å². The van der Waals surface area contributed by atoms with Gasteiger partial charge >= 0.3 is 24.4 Å². The first-order valence-corrected chi connectivity index (χ1v) is 19.9. The number of esters is 1. The highest BCUT2D eigenvalue weighted by Crippen LogP contribution is 2.35. The van der Waals surface area contributed by atoms with Crippen molar-refractivity contribution in [3.05, 3.63) is 65.0 Å². The maximum Gasteiger partial charge on any atom is 0.408 e. The monoisotopic (exact) mass is 902 g/mol. The average molecular weight is 903 g/mol. The smallest absolute Gasteiger partial charge is 0.408 e. The number of nitrogens with zero attached hydrogens (tertiary/aromatic N) is 2. The molecule has 3 rings (SSSR count). The predicted octanol–water partition coefficient (Wildman–Crippen LogP) is 6.35. The standard InChI is InChI=1S/C42H53F7N6O8/c1-21(2)29(53-39(61)63-40(6,7)8)36(58)52-30(22(3)4)38(60)62-20-55-32-23(5)11-9-14-28(32)31(24-12-10-13-25(43)19-24)51-34(37(55)59)54-35(57)27(16-18-42(47,48)49)26(33(50)56)15-17-41(44,45)46/h9-14,19,21-22,26-27,29-30,34H,15-18,20H2,1-8H3,(H2,50,56)(H,52,58)(H,53,61)(H,54,57)/t26-,27+,29?,30?,34?/m0/s1. The molecule has 2 aromatic carbocycles. The van der Waals surface area contributed by atoms with Crippen LogP contribution in [0.4, 0.5) is 41.2 Å². The second-order valence-electron chi connectivity index (χ2n) is 16.8. The number of anilines is 1. The minimum atomic E-state index is -4.93. The number of ether oxygens (including phenoxy) is 2. The number of amides is 5. The van der Waals surface area contributed by atoms with E-state index in [2.05, 4.69) is 20.9 Å². The third-order valence-electron chi connectivity index (χ3n) is 9.74. The minimum absolute atomic E-state index is 0.0236. The summed E-state index contributed by atoms with van der Waals surface area (Å²) in [5.74, 6) is -12.1. The third kappa shape index (κ3) is 15.2. The zero-order valence-corrected chi connectivity index (χ0v) is 36.0. The highest BCUT2D eigenvalue weighted by molar-refractivity contribution is 6.20. The van der Waals surface area contributed by atoms with E-state index in [1.165, 1.54) is 18.2 Å². The SMILES string of the molecule is Cc1cccc2c1N(COC(=O)C(NC(=O)C(NC(=O)OC(C)(C)C)C(C)C)C(C)C)C(=O)C(NC(=O)[C@H](CCC(F)(F)F)[C@H](CCC(F)(F)F)C(N)=O)N=C2c1cccc(F)c1. The maximum absolute atomic E-state index is 14.7. The largest absolute Gasteiger partial charge is 0.444 e. The van der Waals surface area contributed by atoms with Gasteiger partial charge in [-0.3, -0.25) is 24.1 Å². The summed E-state index contributed by atoms with van der Waals surface area (Å²) >= 11 is 0. The van der Waals surface area contributed by atoms with Crippen LogP contribution in [0, 0.1) is 36.4 Å². The van der Waals surface area contributed by atoms with E-state index in [9.17, 15) is 59.5 Å². The predicted molar refractivity (Wildman–Crippen MR) is 215 cm³/mol. The van der Waals surface area contributed by atoms with Crippen LogP contribution in [0.15, 0.2) is 47.5 Å². The summed E-state index contributed by atoms with van der Waals surface area (Å²) < 4.78 is 106. The maximum atomic E-state index is 14.7. The van der Waals surface area contributed by atoms with Gasteiger partial charge in [-0.05, 0) is 70.1 Å². The molecule has 0 aromatic heterocycles. The molecule has 0 spiro atoms. The van der Waals surface area contributed by atoms with Crippen molar-refractivity contribution in [1.29, 1.82) is 0 Å². The van der Waals surface area contributed by atoms with Gasteiger partial charge in [0, 0.05) is 35.8 Å². The molecule has 1 aliphatic heterocycles. The van der Waals surface area contributed by atoms with E-state index in [1.54, 1.807) is 67.5 Å². The molecule has 1 aliphatic rings. The highest BCUT2D eigenvalue weighted by atomic mass is 19.4. The Hall–Kier alpha value is -5.76. The number of alkyl carbamates (subject to hydrolysis) is 1. The first kappa shape index (κ1) is 51.6.